The lowest BCUT2D eigenvalue weighted by molar-refractivity contribution is 0.0927. The maximum absolute atomic E-state index is 11.8. The van der Waals surface area contributed by atoms with E-state index in [0.717, 1.165) is 44.5 Å². The summed E-state index contributed by atoms with van der Waals surface area (Å²) in [5.41, 5.74) is 6.91. The van der Waals surface area contributed by atoms with Crippen LogP contribution in [0.1, 0.15) is 22.8 Å². The van der Waals surface area contributed by atoms with Crippen LogP contribution in [-0.4, -0.2) is 30.7 Å². The maximum Gasteiger partial charge on any atom is 0.244 e. The molecule has 0 N–H and O–H groups in total. The predicted molar refractivity (Wildman–Crippen MR) is 121 cm³/mol. The number of carbonyl (C=O) groups excluding carboxylic acids is 1. The van der Waals surface area contributed by atoms with Crippen molar-refractivity contribution < 1.29 is 4.79 Å². The first-order valence-electron chi connectivity index (χ1n) is 10.1. The Kier molecular flexibility index (Phi) is 4.67. The Balaban J connectivity index is 1.68. The van der Waals surface area contributed by atoms with Crippen LogP contribution in [0.5, 0.6) is 0 Å². The van der Waals surface area contributed by atoms with Gasteiger partial charge >= 0.3 is 0 Å². The molecule has 0 aliphatic carbocycles. The first-order chi connectivity index (χ1) is 15.1. The molecule has 5 rings (SSSR count). The Labute approximate surface area is 179 Å². The standard InChI is InChI=1S/C25H21N5O/c1-17-8-6-7-11-22(17)25-24(27-28-29(25)16-19-9-4-3-5-10-19)20-12-13-23-21(14-20)15-26-30(23)18(2)31/h3-15H,16H2,1-2H3. The van der Waals surface area contributed by atoms with Crippen molar-refractivity contribution in [2.45, 2.75) is 20.4 Å². The molecule has 5 aromatic rings. The van der Waals surface area contributed by atoms with Crippen LogP contribution >= 0.6 is 0 Å². The van der Waals surface area contributed by atoms with Crippen molar-refractivity contribution in [1.82, 2.24) is 24.8 Å². The van der Waals surface area contributed by atoms with E-state index in [1.54, 1.807) is 6.20 Å². The molecule has 2 aromatic heterocycles. The van der Waals surface area contributed by atoms with Gasteiger partial charge in [0.25, 0.3) is 0 Å². The van der Waals surface area contributed by atoms with Crippen LogP contribution in [0, 0.1) is 6.92 Å². The lowest BCUT2D eigenvalue weighted by atomic mass is 10.00. The number of hydrogen-bond acceptors (Lipinski definition) is 4. The fourth-order valence-corrected chi connectivity index (χ4v) is 3.91. The van der Waals surface area contributed by atoms with Crippen LogP contribution in [-0.2, 0) is 6.54 Å². The summed E-state index contributed by atoms with van der Waals surface area (Å²) >= 11 is 0. The van der Waals surface area contributed by atoms with E-state index in [-0.39, 0.29) is 5.91 Å². The first kappa shape index (κ1) is 18.9. The maximum atomic E-state index is 11.8. The van der Waals surface area contributed by atoms with Gasteiger partial charge in [-0.15, -0.1) is 5.10 Å². The molecule has 0 amide bonds. The number of aromatic nitrogens is 5. The third-order valence-corrected chi connectivity index (χ3v) is 5.45. The molecular weight excluding hydrogens is 386 g/mol. The van der Waals surface area contributed by atoms with Crippen LogP contribution in [0.2, 0.25) is 0 Å². The zero-order chi connectivity index (χ0) is 21.4. The summed E-state index contributed by atoms with van der Waals surface area (Å²) in [5, 5.41) is 14.2. The van der Waals surface area contributed by atoms with Gasteiger partial charge in [-0.25, -0.2) is 9.36 Å². The Morgan fingerprint density at radius 2 is 1.74 bits per heavy atom. The van der Waals surface area contributed by atoms with Gasteiger partial charge in [-0.1, -0.05) is 65.9 Å². The van der Waals surface area contributed by atoms with Gasteiger partial charge in [0.05, 0.1) is 24.0 Å². The van der Waals surface area contributed by atoms with Gasteiger partial charge in [0.15, 0.2) is 0 Å². The minimum absolute atomic E-state index is 0.114. The van der Waals surface area contributed by atoms with Crippen molar-refractivity contribution in [2.24, 2.45) is 0 Å². The quantitative estimate of drug-likeness (QED) is 0.421. The van der Waals surface area contributed by atoms with Gasteiger partial charge in [0.2, 0.25) is 5.91 Å². The summed E-state index contributed by atoms with van der Waals surface area (Å²) in [5.74, 6) is -0.114. The van der Waals surface area contributed by atoms with E-state index in [4.69, 9.17) is 0 Å². The summed E-state index contributed by atoms with van der Waals surface area (Å²) in [6, 6.07) is 24.4. The number of nitrogens with zero attached hydrogens (tertiary/aromatic N) is 5. The minimum atomic E-state index is -0.114. The third kappa shape index (κ3) is 3.42. The zero-order valence-corrected chi connectivity index (χ0v) is 17.4. The SMILES string of the molecule is CC(=O)n1ncc2cc(-c3nnn(Cc4ccccc4)c3-c3ccccc3C)ccc21. The van der Waals surface area contributed by atoms with E-state index in [1.807, 2.05) is 53.2 Å². The van der Waals surface area contributed by atoms with Crippen LogP contribution in [0.3, 0.4) is 0 Å². The topological polar surface area (TPSA) is 65.6 Å². The van der Waals surface area contributed by atoms with Gasteiger partial charge < -0.3 is 0 Å². The van der Waals surface area contributed by atoms with Crippen molar-refractivity contribution in [1.29, 1.82) is 0 Å². The molecule has 0 saturated carbocycles. The third-order valence-electron chi connectivity index (χ3n) is 5.45. The first-order valence-corrected chi connectivity index (χ1v) is 10.1. The summed E-state index contributed by atoms with van der Waals surface area (Å²) in [6.45, 7) is 4.23. The zero-order valence-electron chi connectivity index (χ0n) is 17.4. The monoisotopic (exact) mass is 407 g/mol. The van der Waals surface area contributed by atoms with Crippen molar-refractivity contribution in [2.75, 3.05) is 0 Å². The summed E-state index contributed by atoms with van der Waals surface area (Å²) in [6.07, 6.45) is 1.71. The number of carbonyl (C=O) groups is 1. The normalized spacial score (nSPS) is 11.2. The molecule has 0 aliphatic rings. The fourth-order valence-electron chi connectivity index (χ4n) is 3.91. The van der Waals surface area contributed by atoms with E-state index < -0.39 is 0 Å². The average Bonchev–Trinajstić information content (AvgIpc) is 3.39. The predicted octanol–water partition coefficient (Wildman–Crippen LogP) is 4.98. The average molecular weight is 407 g/mol. The molecular formula is C25H21N5O. The van der Waals surface area contributed by atoms with Crippen molar-refractivity contribution >= 4 is 16.8 Å². The molecule has 0 fully saturated rings. The molecule has 152 valence electrons. The number of hydrogen-bond donors (Lipinski definition) is 0. The second-order valence-corrected chi connectivity index (χ2v) is 7.59. The highest BCUT2D eigenvalue weighted by molar-refractivity contribution is 5.93. The lowest BCUT2D eigenvalue weighted by Gasteiger charge is -2.11. The Bertz CT molecular complexity index is 1400. The molecule has 0 unspecified atom stereocenters. The summed E-state index contributed by atoms with van der Waals surface area (Å²) < 4.78 is 3.36. The molecule has 3 aromatic carbocycles. The van der Waals surface area contributed by atoms with Crippen molar-refractivity contribution in [3.8, 4) is 22.5 Å². The minimum Gasteiger partial charge on any atom is -0.273 e. The molecule has 0 bridgehead atoms. The molecule has 0 spiro atoms. The van der Waals surface area contributed by atoms with E-state index in [1.165, 1.54) is 11.6 Å². The van der Waals surface area contributed by atoms with E-state index in [9.17, 15) is 4.79 Å². The molecule has 31 heavy (non-hydrogen) atoms. The van der Waals surface area contributed by atoms with Crippen LogP contribution in [0.15, 0.2) is 79.0 Å². The molecule has 0 aliphatic heterocycles. The molecule has 0 atom stereocenters. The molecule has 0 saturated heterocycles. The van der Waals surface area contributed by atoms with Crippen LogP contribution in [0.4, 0.5) is 0 Å². The Morgan fingerprint density at radius 1 is 0.968 bits per heavy atom. The second-order valence-electron chi connectivity index (χ2n) is 7.59. The molecule has 6 heteroatoms. The molecule has 6 nitrogen and oxygen atoms in total. The van der Waals surface area contributed by atoms with E-state index in [0.29, 0.717) is 6.54 Å². The van der Waals surface area contributed by atoms with Crippen LogP contribution < -0.4 is 0 Å². The highest BCUT2D eigenvalue weighted by atomic mass is 16.2. The number of benzene rings is 3. The molecule has 2 heterocycles. The molecule has 0 radical (unpaired) electrons. The largest absolute Gasteiger partial charge is 0.273 e. The number of fused-ring (bicyclic) bond motifs is 1. The van der Waals surface area contributed by atoms with Gasteiger partial charge in [-0.05, 0) is 30.2 Å². The van der Waals surface area contributed by atoms with Gasteiger partial charge in [-0.2, -0.15) is 5.10 Å². The second kappa shape index (κ2) is 7.65. The highest BCUT2D eigenvalue weighted by Gasteiger charge is 2.19. The highest BCUT2D eigenvalue weighted by Crippen LogP contribution is 2.34. The van der Waals surface area contributed by atoms with Crippen LogP contribution in [0.25, 0.3) is 33.4 Å². The van der Waals surface area contributed by atoms with Gasteiger partial charge in [0, 0.05) is 23.4 Å². The Morgan fingerprint density at radius 3 is 2.52 bits per heavy atom. The van der Waals surface area contributed by atoms with Gasteiger partial charge in [0.1, 0.15) is 5.69 Å². The summed E-state index contributed by atoms with van der Waals surface area (Å²) in [7, 11) is 0. The van der Waals surface area contributed by atoms with Gasteiger partial charge in [-0.3, -0.25) is 4.79 Å². The van der Waals surface area contributed by atoms with Crippen molar-refractivity contribution in [3.63, 3.8) is 0 Å². The number of rotatable bonds is 4. The lowest BCUT2D eigenvalue weighted by Crippen LogP contribution is -2.06. The van der Waals surface area contributed by atoms with Crippen molar-refractivity contribution in [3.05, 3.63) is 90.1 Å². The van der Waals surface area contributed by atoms with E-state index in [2.05, 4.69) is 46.6 Å². The smallest absolute Gasteiger partial charge is 0.244 e. The Hall–Kier alpha value is -4.06. The van der Waals surface area contributed by atoms with E-state index >= 15 is 0 Å². The summed E-state index contributed by atoms with van der Waals surface area (Å²) in [4.78, 5) is 11.8. The fraction of sp³-hybridized carbons (Fsp3) is 0.120. The number of aryl methyl sites for hydroxylation is 1.